The van der Waals surface area contributed by atoms with Gasteiger partial charge in [-0.2, -0.15) is 13.2 Å². The zero-order valence-corrected chi connectivity index (χ0v) is 16.0. The molecule has 0 radical (unpaired) electrons. The normalized spacial score (nSPS) is 16.1. The number of piperazine rings is 1. The monoisotopic (exact) mass is 416 g/mol. The number of benzene rings is 1. The van der Waals surface area contributed by atoms with Gasteiger partial charge in [0.1, 0.15) is 12.0 Å². The van der Waals surface area contributed by atoms with E-state index in [4.69, 9.17) is 4.74 Å². The Balaban J connectivity index is 2.44. The zero-order chi connectivity index (χ0) is 21.8. The molecule has 0 aromatic heterocycles. The molecule has 11 heteroatoms. The van der Waals surface area contributed by atoms with Gasteiger partial charge in [-0.25, -0.2) is 0 Å². The van der Waals surface area contributed by atoms with E-state index in [9.17, 15) is 27.9 Å². The second-order valence-electron chi connectivity index (χ2n) is 6.47. The molecule has 0 aliphatic carbocycles. The number of halogens is 3. The van der Waals surface area contributed by atoms with Gasteiger partial charge in [-0.1, -0.05) is 6.58 Å². The van der Waals surface area contributed by atoms with Gasteiger partial charge in [-0.05, 0) is 25.3 Å². The van der Waals surface area contributed by atoms with Crippen molar-refractivity contribution in [1.29, 1.82) is 0 Å². The van der Waals surface area contributed by atoms with E-state index in [0.717, 1.165) is 12.1 Å². The van der Waals surface area contributed by atoms with Crippen LogP contribution in [0.15, 0.2) is 24.8 Å². The summed E-state index contributed by atoms with van der Waals surface area (Å²) in [5, 5.41) is 14.1. The van der Waals surface area contributed by atoms with Gasteiger partial charge < -0.3 is 30.3 Å². The van der Waals surface area contributed by atoms with Crippen LogP contribution in [0.25, 0.3) is 0 Å². The lowest BCUT2D eigenvalue weighted by Gasteiger charge is -2.33. The minimum absolute atomic E-state index is 0.0274. The first-order valence-electron chi connectivity index (χ1n) is 8.72. The summed E-state index contributed by atoms with van der Waals surface area (Å²) < 4.78 is 43.0. The summed E-state index contributed by atoms with van der Waals surface area (Å²) in [7, 11) is 3.13. The molecule has 29 heavy (non-hydrogen) atoms. The lowest BCUT2D eigenvalue weighted by atomic mass is 10.1. The predicted molar refractivity (Wildman–Crippen MR) is 101 cm³/mol. The Labute approximate surface area is 165 Å². The molecule has 1 unspecified atom stereocenters. The predicted octanol–water partition coefficient (Wildman–Crippen LogP) is 1.50. The third-order valence-corrected chi connectivity index (χ3v) is 4.39. The number of ether oxygens (including phenoxy) is 1. The molecule has 1 saturated heterocycles. The number of aliphatic hydroxyl groups is 1. The molecule has 1 fully saturated rings. The maximum Gasteiger partial charge on any atom is 0.471 e. The summed E-state index contributed by atoms with van der Waals surface area (Å²) in [5.74, 6) is -2.70. The highest BCUT2D eigenvalue weighted by Gasteiger charge is 2.39. The van der Waals surface area contributed by atoms with Crippen molar-refractivity contribution in [3.8, 4) is 5.75 Å². The van der Waals surface area contributed by atoms with E-state index in [-0.39, 0.29) is 28.6 Å². The fraction of sp³-hybridized carbons (Fsp3) is 0.444. The van der Waals surface area contributed by atoms with Gasteiger partial charge in [-0.15, -0.1) is 0 Å². The molecule has 1 aliphatic heterocycles. The van der Waals surface area contributed by atoms with Crippen molar-refractivity contribution in [2.24, 2.45) is 0 Å². The quantitative estimate of drug-likeness (QED) is 0.481. The summed E-state index contributed by atoms with van der Waals surface area (Å²) in [6, 6.07) is 2.34. The molecule has 1 aromatic rings. The van der Waals surface area contributed by atoms with Gasteiger partial charge >= 0.3 is 12.1 Å². The van der Waals surface area contributed by atoms with Crippen molar-refractivity contribution in [3.63, 3.8) is 0 Å². The smallest absolute Gasteiger partial charge is 0.471 e. The topological polar surface area (TPSA) is 94.1 Å². The number of carbonyl (C=O) groups excluding carboxylic acids is 2. The van der Waals surface area contributed by atoms with E-state index in [1.165, 1.54) is 13.2 Å². The van der Waals surface area contributed by atoms with E-state index >= 15 is 0 Å². The Bertz CT molecular complexity index is 777. The van der Waals surface area contributed by atoms with E-state index in [1.54, 1.807) is 10.2 Å². The van der Waals surface area contributed by atoms with Crippen molar-refractivity contribution in [2.45, 2.75) is 12.4 Å². The zero-order valence-electron chi connectivity index (χ0n) is 16.0. The van der Waals surface area contributed by atoms with Crippen molar-refractivity contribution in [3.05, 3.63) is 30.4 Å². The number of nitrogens with zero attached hydrogens (tertiary/aromatic N) is 2. The maximum atomic E-state index is 13.0. The number of carbonyl (C=O) groups is 2. The number of alkyl halides is 3. The van der Waals surface area contributed by atoms with Crippen LogP contribution in [0.4, 0.5) is 24.5 Å². The highest BCUT2D eigenvalue weighted by Crippen LogP contribution is 2.34. The molecular weight excluding hydrogens is 393 g/mol. The molecule has 2 rings (SSSR count). The summed E-state index contributed by atoms with van der Waals surface area (Å²) in [5.41, 5.74) is -0.194. The van der Waals surface area contributed by atoms with E-state index in [1.807, 2.05) is 7.05 Å². The summed E-state index contributed by atoms with van der Waals surface area (Å²) >= 11 is 0. The lowest BCUT2D eigenvalue weighted by Crippen LogP contribution is -2.47. The lowest BCUT2D eigenvalue weighted by molar-refractivity contribution is -0.167. The van der Waals surface area contributed by atoms with Crippen LogP contribution in [-0.2, 0) is 4.79 Å². The maximum absolute atomic E-state index is 13.0. The highest BCUT2D eigenvalue weighted by molar-refractivity contribution is 6.03. The number of methoxy groups -OCH3 is 1. The standard InChI is InChI=1S/C18H23F3N4O4/c1-4-15(26)22-12-10-13(23-17(28)18(19,20)21)14(29-3)9-11(12)16(27)25-7-5-24(2)6-8-25/h4,9-10,15,22,26H,1,5-8H2,2-3H3,(H,23,28). The average molecular weight is 416 g/mol. The van der Waals surface area contributed by atoms with Gasteiger partial charge in [0.15, 0.2) is 0 Å². The Hall–Kier alpha value is -2.79. The Morgan fingerprint density at radius 1 is 1.24 bits per heavy atom. The molecule has 1 aromatic carbocycles. The number of rotatable bonds is 6. The van der Waals surface area contributed by atoms with Crippen molar-refractivity contribution in [1.82, 2.24) is 9.80 Å². The first kappa shape index (κ1) is 22.5. The van der Waals surface area contributed by atoms with Crippen LogP contribution in [-0.4, -0.2) is 79.5 Å². The molecule has 0 spiro atoms. The van der Waals surface area contributed by atoms with Crippen molar-refractivity contribution >= 4 is 23.2 Å². The second kappa shape index (κ2) is 9.14. The summed E-state index contributed by atoms with van der Waals surface area (Å²) in [6.45, 7) is 5.68. The molecule has 0 bridgehead atoms. The number of hydrogen-bond acceptors (Lipinski definition) is 6. The average Bonchev–Trinajstić information content (AvgIpc) is 2.67. The molecule has 1 heterocycles. The first-order valence-corrected chi connectivity index (χ1v) is 8.72. The molecular formula is C18H23F3N4O4. The van der Waals surface area contributed by atoms with Crippen LogP contribution < -0.4 is 15.4 Å². The number of hydrogen-bond donors (Lipinski definition) is 3. The molecule has 2 amide bonds. The molecule has 8 nitrogen and oxygen atoms in total. The van der Waals surface area contributed by atoms with Crippen LogP contribution >= 0.6 is 0 Å². The summed E-state index contributed by atoms with van der Waals surface area (Å²) in [6.07, 6.45) is -5.23. The van der Waals surface area contributed by atoms with E-state index in [2.05, 4.69) is 16.8 Å². The van der Waals surface area contributed by atoms with Crippen LogP contribution in [0.3, 0.4) is 0 Å². The Kier molecular flexibility index (Phi) is 7.09. The summed E-state index contributed by atoms with van der Waals surface area (Å²) in [4.78, 5) is 28.0. The van der Waals surface area contributed by atoms with Crippen LogP contribution in [0.5, 0.6) is 5.75 Å². The van der Waals surface area contributed by atoms with Crippen molar-refractivity contribution in [2.75, 3.05) is 51.0 Å². The number of nitrogens with one attached hydrogen (secondary N) is 2. The number of anilines is 2. The minimum Gasteiger partial charge on any atom is -0.495 e. The first-order chi connectivity index (χ1) is 13.6. The van der Waals surface area contributed by atoms with Gasteiger partial charge in [0.25, 0.3) is 5.91 Å². The third kappa shape index (κ3) is 5.61. The van der Waals surface area contributed by atoms with Crippen LogP contribution in [0, 0.1) is 0 Å². The fourth-order valence-electron chi connectivity index (χ4n) is 2.73. The number of aliphatic hydroxyl groups excluding tert-OH is 1. The number of likely N-dealkylation sites (N-methyl/N-ethyl adjacent to an activating group) is 1. The minimum atomic E-state index is -5.10. The second-order valence-corrected chi connectivity index (χ2v) is 6.47. The van der Waals surface area contributed by atoms with Crippen LogP contribution in [0.1, 0.15) is 10.4 Å². The van der Waals surface area contributed by atoms with Crippen LogP contribution in [0.2, 0.25) is 0 Å². The molecule has 1 atom stereocenters. The van der Waals surface area contributed by atoms with Gasteiger partial charge in [0, 0.05) is 26.2 Å². The molecule has 160 valence electrons. The Morgan fingerprint density at radius 2 is 1.86 bits per heavy atom. The van der Waals surface area contributed by atoms with E-state index in [0.29, 0.717) is 26.2 Å². The number of amides is 2. The molecule has 3 N–H and O–H groups in total. The SMILES string of the molecule is C=CC(O)Nc1cc(NC(=O)C(F)(F)F)c(OC)cc1C(=O)N1CCN(C)CC1. The van der Waals surface area contributed by atoms with E-state index < -0.39 is 18.3 Å². The van der Waals surface area contributed by atoms with Gasteiger partial charge in [0.2, 0.25) is 0 Å². The molecule has 1 aliphatic rings. The Morgan fingerprint density at radius 3 is 2.38 bits per heavy atom. The highest BCUT2D eigenvalue weighted by atomic mass is 19.4. The van der Waals surface area contributed by atoms with Gasteiger partial charge in [-0.3, -0.25) is 9.59 Å². The molecule has 0 saturated carbocycles. The van der Waals surface area contributed by atoms with Crippen molar-refractivity contribution < 1.29 is 32.6 Å². The third-order valence-electron chi connectivity index (χ3n) is 4.39. The largest absolute Gasteiger partial charge is 0.495 e. The fourth-order valence-corrected chi connectivity index (χ4v) is 2.73. The van der Waals surface area contributed by atoms with Gasteiger partial charge in [0.05, 0.1) is 24.0 Å².